The lowest BCUT2D eigenvalue weighted by molar-refractivity contribution is 0.0165. The first-order valence-corrected chi connectivity index (χ1v) is 9.77. The number of hydrogen-bond donors (Lipinski definition) is 0. The van der Waals surface area contributed by atoms with E-state index in [9.17, 15) is 4.79 Å². The van der Waals surface area contributed by atoms with Crippen molar-refractivity contribution >= 4 is 5.97 Å². The summed E-state index contributed by atoms with van der Waals surface area (Å²) >= 11 is 0. The van der Waals surface area contributed by atoms with Gasteiger partial charge in [0.25, 0.3) is 0 Å². The minimum absolute atomic E-state index is 0.328. The van der Waals surface area contributed by atoms with E-state index in [2.05, 4.69) is 0 Å². The van der Waals surface area contributed by atoms with Crippen molar-refractivity contribution in [2.45, 2.75) is 43.8 Å². The second-order valence-corrected chi connectivity index (χ2v) is 7.41. The highest BCUT2D eigenvalue weighted by atomic mass is 16.6. The topological polar surface area (TPSA) is 71.8 Å². The number of nitrogens with zero attached hydrogens (tertiary/aromatic N) is 1. The van der Waals surface area contributed by atoms with Crippen molar-refractivity contribution in [1.29, 1.82) is 5.26 Å². The summed E-state index contributed by atoms with van der Waals surface area (Å²) in [5, 5.41) is 8.82. The molecule has 1 aliphatic heterocycles. The van der Waals surface area contributed by atoms with Gasteiger partial charge < -0.3 is 14.2 Å². The highest BCUT2D eigenvalue weighted by molar-refractivity contribution is 5.91. The first-order chi connectivity index (χ1) is 13.7. The van der Waals surface area contributed by atoms with Crippen LogP contribution in [0.5, 0.6) is 5.75 Å². The molecular formula is C23H23NO4. The maximum atomic E-state index is 12.3. The van der Waals surface area contributed by atoms with E-state index in [1.54, 1.807) is 24.3 Å². The Labute approximate surface area is 164 Å². The summed E-state index contributed by atoms with van der Waals surface area (Å²) in [5.41, 5.74) is 2.32. The van der Waals surface area contributed by atoms with E-state index >= 15 is 0 Å². The number of epoxide rings is 1. The third-order valence-corrected chi connectivity index (χ3v) is 5.41. The van der Waals surface area contributed by atoms with Crippen LogP contribution in [0.2, 0.25) is 0 Å². The number of esters is 1. The van der Waals surface area contributed by atoms with Gasteiger partial charge in [-0.25, -0.2) is 4.79 Å². The van der Waals surface area contributed by atoms with Crippen LogP contribution in [0.25, 0.3) is 0 Å². The molecular weight excluding hydrogens is 354 g/mol. The SMILES string of the molecule is N#Cc1ccc(OC(=O)c2ccc(C3CCC(OCC4CO4)CC3)cc2)cc1. The fourth-order valence-corrected chi connectivity index (χ4v) is 3.63. The number of hydrogen-bond acceptors (Lipinski definition) is 5. The molecule has 0 aromatic heterocycles. The zero-order chi connectivity index (χ0) is 19.3. The number of rotatable bonds is 6. The van der Waals surface area contributed by atoms with E-state index in [1.807, 2.05) is 30.3 Å². The van der Waals surface area contributed by atoms with Crippen LogP contribution in [0, 0.1) is 11.3 Å². The lowest BCUT2D eigenvalue weighted by Crippen LogP contribution is -2.22. The van der Waals surface area contributed by atoms with Gasteiger partial charge in [0.2, 0.25) is 0 Å². The third kappa shape index (κ3) is 4.78. The fraction of sp³-hybridized carbons (Fsp3) is 0.391. The second-order valence-electron chi connectivity index (χ2n) is 7.41. The van der Waals surface area contributed by atoms with Crippen LogP contribution in [0.1, 0.15) is 53.1 Å². The molecule has 0 amide bonds. The molecule has 4 rings (SSSR count). The molecule has 1 atom stereocenters. The summed E-state index contributed by atoms with van der Waals surface area (Å²) in [7, 11) is 0. The average molecular weight is 377 g/mol. The van der Waals surface area contributed by atoms with E-state index in [1.165, 1.54) is 5.56 Å². The maximum Gasteiger partial charge on any atom is 0.343 e. The monoisotopic (exact) mass is 377 g/mol. The van der Waals surface area contributed by atoms with Gasteiger partial charge in [-0.3, -0.25) is 0 Å². The summed E-state index contributed by atoms with van der Waals surface area (Å²) in [5.74, 6) is 0.555. The van der Waals surface area contributed by atoms with E-state index in [0.29, 0.717) is 35.0 Å². The molecule has 0 N–H and O–H groups in total. The summed E-state index contributed by atoms with van der Waals surface area (Å²) in [6.07, 6.45) is 5.02. The molecule has 1 aliphatic carbocycles. The van der Waals surface area contributed by atoms with Gasteiger partial charge in [-0.2, -0.15) is 5.26 Å². The Bertz CT molecular complexity index is 842. The van der Waals surface area contributed by atoms with E-state index < -0.39 is 5.97 Å². The van der Waals surface area contributed by atoms with Crippen LogP contribution in [-0.4, -0.2) is 31.4 Å². The van der Waals surface area contributed by atoms with Gasteiger partial charge >= 0.3 is 5.97 Å². The Morgan fingerprint density at radius 2 is 1.71 bits per heavy atom. The summed E-state index contributed by atoms with van der Waals surface area (Å²) in [6.45, 7) is 1.57. The maximum absolute atomic E-state index is 12.3. The Kier molecular flexibility index (Phi) is 5.70. The van der Waals surface area contributed by atoms with E-state index in [4.69, 9.17) is 19.5 Å². The highest BCUT2D eigenvalue weighted by Crippen LogP contribution is 2.34. The van der Waals surface area contributed by atoms with Crippen LogP contribution < -0.4 is 4.74 Å². The largest absolute Gasteiger partial charge is 0.423 e. The molecule has 1 saturated carbocycles. The minimum atomic E-state index is -0.393. The Morgan fingerprint density at radius 3 is 2.32 bits per heavy atom. The molecule has 144 valence electrons. The van der Waals surface area contributed by atoms with Crippen LogP contribution in [0.4, 0.5) is 0 Å². The number of carbonyl (C=O) groups excluding carboxylic acids is 1. The van der Waals surface area contributed by atoms with Gasteiger partial charge in [-0.1, -0.05) is 12.1 Å². The van der Waals surface area contributed by atoms with Crippen LogP contribution >= 0.6 is 0 Å². The first-order valence-electron chi connectivity index (χ1n) is 9.77. The van der Waals surface area contributed by atoms with Gasteiger partial charge in [0, 0.05) is 0 Å². The quantitative estimate of drug-likeness (QED) is 0.428. The molecule has 2 aliphatic rings. The molecule has 0 spiro atoms. The molecule has 2 aromatic rings. The van der Waals surface area contributed by atoms with Crippen LogP contribution in [-0.2, 0) is 9.47 Å². The molecule has 0 bridgehead atoms. The lowest BCUT2D eigenvalue weighted by Gasteiger charge is -2.28. The summed E-state index contributed by atoms with van der Waals surface area (Å²) < 4.78 is 16.5. The Balaban J connectivity index is 1.29. The fourth-order valence-electron chi connectivity index (χ4n) is 3.63. The molecule has 5 nitrogen and oxygen atoms in total. The zero-order valence-corrected chi connectivity index (χ0v) is 15.7. The lowest BCUT2D eigenvalue weighted by atomic mass is 9.82. The van der Waals surface area contributed by atoms with E-state index in [0.717, 1.165) is 38.9 Å². The number of benzene rings is 2. The highest BCUT2D eigenvalue weighted by Gasteiger charge is 2.27. The van der Waals surface area contributed by atoms with Crippen molar-refractivity contribution in [1.82, 2.24) is 0 Å². The third-order valence-electron chi connectivity index (χ3n) is 5.41. The van der Waals surface area contributed by atoms with Gasteiger partial charge in [0.1, 0.15) is 11.9 Å². The smallest absolute Gasteiger partial charge is 0.343 e. The van der Waals surface area contributed by atoms with Crippen molar-refractivity contribution in [3.8, 4) is 11.8 Å². The van der Waals surface area contributed by atoms with Gasteiger partial charge in [-0.15, -0.1) is 0 Å². The normalized spacial score (nSPS) is 23.6. The average Bonchev–Trinajstić information content (AvgIpc) is 3.58. The number of carbonyl (C=O) groups is 1. The Morgan fingerprint density at radius 1 is 1.04 bits per heavy atom. The first kappa shape index (κ1) is 18.7. The predicted octanol–water partition coefficient (Wildman–Crippen LogP) is 4.22. The summed E-state index contributed by atoms with van der Waals surface area (Å²) in [6, 6.07) is 16.3. The van der Waals surface area contributed by atoms with Crippen molar-refractivity contribution in [2.75, 3.05) is 13.2 Å². The molecule has 28 heavy (non-hydrogen) atoms. The van der Waals surface area contributed by atoms with Gasteiger partial charge in [0.05, 0.1) is 36.5 Å². The molecule has 1 unspecified atom stereocenters. The van der Waals surface area contributed by atoms with Crippen molar-refractivity contribution in [3.63, 3.8) is 0 Å². The zero-order valence-electron chi connectivity index (χ0n) is 15.7. The Hall–Kier alpha value is -2.68. The van der Waals surface area contributed by atoms with Gasteiger partial charge in [-0.05, 0) is 73.6 Å². The molecule has 1 saturated heterocycles. The predicted molar refractivity (Wildman–Crippen MR) is 103 cm³/mol. The number of nitriles is 1. The van der Waals surface area contributed by atoms with E-state index in [-0.39, 0.29) is 0 Å². The number of ether oxygens (including phenoxy) is 3. The summed E-state index contributed by atoms with van der Waals surface area (Å²) in [4.78, 5) is 12.3. The molecule has 5 heteroatoms. The van der Waals surface area contributed by atoms with Crippen molar-refractivity contribution in [3.05, 3.63) is 65.2 Å². The molecule has 2 fully saturated rings. The van der Waals surface area contributed by atoms with Crippen molar-refractivity contribution < 1.29 is 19.0 Å². The molecule has 0 radical (unpaired) electrons. The second kappa shape index (κ2) is 8.55. The molecule has 2 aromatic carbocycles. The van der Waals surface area contributed by atoms with Crippen LogP contribution in [0.3, 0.4) is 0 Å². The van der Waals surface area contributed by atoms with Crippen molar-refractivity contribution in [2.24, 2.45) is 0 Å². The van der Waals surface area contributed by atoms with Gasteiger partial charge in [0.15, 0.2) is 0 Å². The standard InChI is InChI=1S/C23H23NO4/c24-13-16-1-9-21(10-2-16)28-23(25)19-5-3-17(4-6-19)18-7-11-20(12-8-18)26-14-22-15-27-22/h1-6,9-10,18,20,22H,7-8,11-12,14-15H2. The van der Waals surface area contributed by atoms with Crippen LogP contribution in [0.15, 0.2) is 48.5 Å². The minimum Gasteiger partial charge on any atom is -0.423 e. The molecule has 1 heterocycles.